The number of nitrogens with zero attached hydrogens (tertiary/aromatic N) is 1. The van der Waals surface area contributed by atoms with Crippen LogP contribution in [0.15, 0.2) is 35.7 Å². The molecule has 1 saturated carbocycles. The molecule has 1 atom stereocenters. The fraction of sp³-hybridized carbons (Fsp3) is 0.278. The van der Waals surface area contributed by atoms with E-state index in [1.54, 1.807) is 29.5 Å². The Kier molecular flexibility index (Phi) is 4.76. The molecule has 2 N–H and O–H groups in total. The number of aryl methyl sites for hydroxylation is 1. The number of rotatable bonds is 6. The van der Waals surface area contributed by atoms with Gasteiger partial charge in [-0.25, -0.2) is 9.78 Å². The Morgan fingerprint density at radius 2 is 2.04 bits per heavy atom. The van der Waals surface area contributed by atoms with Crippen LogP contribution in [0.1, 0.15) is 45.5 Å². The lowest BCUT2D eigenvalue weighted by Gasteiger charge is -2.14. The highest BCUT2D eigenvalue weighted by Gasteiger charge is 2.34. The average Bonchev–Trinajstić information content (AvgIpc) is 3.32. The van der Waals surface area contributed by atoms with Crippen LogP contribution in [0, 0.1) is 12.8 Å². The molecule has 0 spiro atoms. The molecule has 6 heteroatoms. The van der Waals surface area contributed by atoms with E-state index in [1.165, 1.54) is 18.2 Å². The van der Waals surface area contributed by atoms with Crippen molar-refractivity contribution >= 4 is 29.3 Å². The van der Waals surface area contributed by atoms with Crippen LogP contribution in [-0.4, -0.2) is 22.0 Å². The van der Waals surface area contributed by atoms with Gasteiger partial charge in [0.05, 0.1) is 11.6 Å². The molecule has 0 radical (unpaired) electrons. The van der Waals surface area contributed by atoms with Crippen molar-refractivity contribution in [3.63, 3.8) is 0 Å². The van der Waals surface area contributed by atoms with Crippen molar-refractivity contribution in [2.24, 2.45) is 5.92 Å². The van der Waals surface area contributed by atoms with E-state index in [2.05, 4.69) is 10.3 Å². The van der Waals surface area contributed by atoms with Gasteiger partial charge in [-0.3, -0.25) is 4.79 Å². The Bertz CT molecular complexity index is 776. The molecule has 24 heavy (non-hydrogen) atoms. The molecule has 1 aromatic heterocycles. The second-order valence-corrected chi connectivity index (χ2v) is 6.80. The Morgan fingerprint density at radius 1 is 1.33 bits per heavy atom. The summed E-state index contributed by atoms with van der Waals surface area (Å²) in [7, 11) is 0. The van der Waals surface area contributed by atoms with Gasteiger partial charge in [0.1, 0.15) is 5.01 Å². The number of carbonyl (C=O) groups is 2. The molecule has 1 aliphatic carbocycles. The summed E-state index contributed by atoms with van der Waals surface area (Å²) < 4.78 is 0. The smallest absolute Gasteiger partial charge is 0.335 e. The number of nitrogens with one attached hydrogen (secondary N) is 1. The summed E-state index contributed by atoms with van der Waals surface area (Å²) in [6.45, 7) is 1.95. The summed E-state index contributed by atoms with van der Waals surface area (Å²) in [6.07, 6.45) is 5.39. The fourth-order valence-corrected chi connectivity index (χ4v) is 3.37. The minimum Gasteiger partial charge on any atom is -0.478 e. The number of carboxylic acids is 1. The molecule has 2 aromatic rings. The first kappa shape index (κ1) is 16.4. The van der Waals surface area contributed by atoms with Crippen LogP contribution < -0.4 is 5.32 Å². The molecule has 1 unspecified atom stereocenters. The second-order valence-electron chi connectivity index (χ2n) is 5.91. The number of thiazole rings is 1. The van der Waals surface area contributed by atoms with Gasteiger partial charge in [0.15, 0.2) is 0 Å². The molecule has 5 nitrogen and oxygen atoms in total. The third kappa shape index (κ3) is 4.08. The molecule has 0 bridgehead atoms. The second kappa shape index (κ2) is 6.97. The predicted octanol–water partition coefficient (Wildman–Crippen LogP) is 3.43. The zero-order valence-electron chi connectivity index (χ0n) is 13.2. The van der Waals surface area contributed by atoms with E-state index >= 15 is 0 Å². The number of hydrogen-bond acceptors (Lipinski definition) is 4. The molecule has 3 rings (SSSR count). The fourth-order valence-electron chi connectivity index (χ4n) is 2.44. The SMILES string of the molecule is Cc1csc(C(NC(=O)C=Cc2ccc(C(=O)O)cc2)C2CC2)n1. The first-order valence-electron chi connectivity index (χ1n) is 7.77. The molecular formula is C18H18N2O3S. The maximum absolute atomic E-state index is 12.2. The summed E-state index contributed by atoms with van der Waals surface area (Å²) >= 11 is 1.58. The van der Waals surface area contributed by atoms with Gasteiger partial charge in [0, 0.05) is 17.2 Å². The predicted molar refractivity (Wildman–Crippen MR) is 92.9 cm³/mol. The minimum atomic E-state index is -0.964. The molecular weight excluding hydrogens is 324 g/mol. The Labute approximate surface area is 144 Å². The standard InChI is InChI=1S/C18H18N2O3S/c1-11-10-24-17(19-11)16(13-7-8-13)20-15(21)9-4-12-2-5-14(6-3-12)18(22)23/h2-6,9-10,13,16H,7-8H2,1H3,(H,20,21)(H,22,23). The van der Waals surface area contributed by atoms with Gasteiger partial charge in [-0.2, -0.15) is 0 Å². The number of carbonyl (C=O) groups excluding carboxylic acids is 1. The summed E-state index contributed by atoms with van der Waals surface area (Å²) in [5.41, 5.74) is 1.98. The van der Waals surface area contributed by atoms with Crippen molar-refractivity contribution in [1.82, 2.24) is 10.3 Å². The lowest BCUT2D eigenvalue weighted by Crippen LogP contribution is -2.28. The van der Waals surface area contributed by atoms with E-state index in [0.29, 0.717) is 5.92 Å². The minimum absolute atomic E-state index is 0.0183. The van der Waals surface area contributed by atoms with E-state index in [0.717, 1.165) is 29.1 Å². The van der Waals surface area contributed by atoms with Crippen LogP contribution in [-0.2, 0) is 4.79 Å². The van der Waals surface area contributed by atoms with Gasteiger partial charge >= 0.3 is 5.97 Å². The van der Waals surface area contributed by atoms with Crippen molar-refractivity contribution in [2.45, 2.75) is 25.8 Å². The van der Waals surface area contributed by atoms with Crippen molar-refractivity contribution in [3.05, 3.63) is 57.6 Å². The van der Waals surface area contributed by atoms with E-state index in [1.807, 2.05) is 12.3 Å². The van der Waals surface area contributed by atoms with E-state index in [4.69, 9.17) is 5.11 Å². The number of carboxylic acid groups (broad SMARTS) is 1. The van der Waals surface area contributed by atoms with E-state index in [9.17, 15) is 9.59 Å². The van der Waals surface area contributed by atoms with Crippen molar-refractivity contribution in [1.29, 1.82) is 0 Å². The highest BCUT2D eigenvalue weighted by molar-refractivity contribution is 7.09. The number of hydrogen-bond donors (Lipinski definition) is 2. The highest BCUT2D eigenvalue weighted by Crippen LogP contribution is 2.41. The molecule has 0 saturated heterocycles. The zero-order chi connectivity index (χ0) is 17.1. The van der Waals surface area contributed by atoms with Gasteiger partial charge in [0.25, 0.3) is 0 Å². The van der Waals surface area contributed by atoms with Gasteiger partial charge in [-0.05, 0) is 49.5 Å². The Balaban J connectivity index is 1.64. The van der Waals surface area contributed by atoms with Gasteiger partial charge in [0.2, 0.25) is 5.91 Å². The van der Waals surface area contributed by atoms with Crippen LogP contribution in [0.5, 0.6) is 0 Å². The number of amides is 1. The van der Waals surface area contributed by atoms with Crippen LogP contribution in [0.25, 0.3) is 6.08 Å². The topological polar surface area (TPSA) is 79.3 Å². The molecule has 0 aliphatic heterocycles. The van der Waals surface area contributed by atoms with Gasteiger partial charge < -0.3 is 10.4 Å². The lowest BCUT2D eigenvalue weighted by molar-refractivity contribution is -0.117. The van der Waals surface area contributed by atoms with Crippen LogP contribution in [0.3, 0.4) is 0 Å². The highest BCUT2D eigenvalue weighted by atomic mass is 32.1. The molecule has 1 heterocycles. The monoisotopic (exact) mass is 342 g/mol. The molecule has 1 aromatic carbocycles. The van der Waals surface area contributed by atoms with Crippen LogP contribution in [0.2, 0.25) is 0 Å². The van der Waals surface area contributed by atoms with Gasteiger partial charge in [-0.1, -0.05) is 12.1 Å². The summed E-state index contributed by atoms with van der Waals surface area (Å²) in [5.74, 6) is -0.654. The maximum Gasteiger partial charge on any atom is 0.335 e. The molecule has 1 amide bonds. The summed E-state index contributed by atoms with van der Waals surface area (Å²) in [6, 6.07) is 6.37. The average molecular weight is 342 g/mol. The van der Waals surface area contributed by atoms with Crippen LogP contribution >= 0.6 is 11.3 Å². The summed E-state index contributed by atoms with van der Waals surface area (Å²) in [5, 5.41) is 14.9. The Hall–Kier alpha value is -2.47. The number of benzene rings is 1. The van der Waals surface area contributed by atoms with Crippen molar-refractivity contribution < 1.29 is 14.7 Å². The maximum atomic E-state index is 12.2. The summed E-state index contributed by atoms with van der Waals surface area (Å²) in [4.78, 5) is 27.5. The third-order valence-corrected chi connectivity index (χ3v) is 4.92. The van der Waals surface area contributed by atoms with Crippen molar-refractivity contribution in [2.75, 3.05) is 0 Å². The molecule has 124 valence electrons. The van der Waals surface area contributed by atoms with E-state index in [-0.39, 0.29) is 17.5 Å². The molecule has 1 fully saturated rings. The normalized spacial score (nSPS) is 15.4. The van der Waals surface area contributed by atoms with Crippen LogP contribution in [0.4, 0.5) is 0 Å². The number of aromatic carboxylic acids is 1. The zero-order valence-corrected chi connectivity index (χ0v) is 14.0. The first-order valence-corrected chi connectivity index (χ1v) is 8.65. The van der Waals surface area contributed by atoms with Gasteiger partial charge in [-0.15, -0.1) is 11.3 Å². The largest absolute Gasteiger partial charge is 0.478 e. The number of aromatic nitrogens is 1. The van der Waals surface area contributed by atoms with Crippen molar-refractivity contribution in [3.8, 4) is 0 Å². The quantitative estimate of drug-likeness (QED) is 0.788. The van der Waals surface area contributed by atoms with E-state index < -0.39 is 5.97 Å². The molecule has 1 aliphatic rings. The lowest BCUT2D eigenvalue weighted by atomic mass is 10.1. The Morgan fingerprint density at radius 3 is 2.58 bits per heavy atom. The third-order valence-electron chi connectivity index (χ3n) is 3.88. The first-order chi connectivity index (χ1) is 11.5.